The number of halogens is 1. The highest BCUT2D eigenvalue weighted by Gasteiger charge is 2.27. The normalized spacial score (nSPS) is 12.3. The molecule has 0 saturated heterocycles. The van der Waals surface area contributed by atoms with Crippen LogP contribution < -0.4 is 10.1 Å². The number of carbonyl (C=O) groups is 2. The number of aliphatic carboxylic acids is 1. The van der Waals surface area contributed by atoms with Crippen LogP contribution in [0.25, 0.3) is 0 Å². The second-order valence-corrected chi connectivity index (χ2v) is 6.33. The van der Waals surface area contributed by atoms with Crippen LogP contribution in [0.3, 0.4) is 0 Å². The summed E-state index contributed by atoms with van der Waals surface area (Å²) >= 11 is 5.72. The van der Waals surface area contributed by atoms with Crippen molar-refractivity contribution in [3.8, 4) is 5.75 Å². The largest absolute Gasteiger partial charge is 0.481 e. The standard InChI is InChI=1S/C15H19ClN2O6/c1-9(14(21)17-15(2,3)7-6-13(19)20)24-12-5-4-10(16)8-11(12)18(22)23/h4-5,8-9H,6-7H2,1-3H3,(H,17,21)(H,19,20). The predicted molar refractivity (Wildman–Crippen MR) is 87.3 cm³/mol. The Hall–Kier alpha value is -2.35. The summed E-state index contributed by atoms with van der Waals surface area (Å²) in [5.41, 5.74) is -1.09. The van der Waals surface area contributed by atoms with Crippen LogP contribution in [0.5, 0.6) is 5.75 Å². The predicted octanol–water partition coefficient (Wildman–Crippen LogP) is 2.78. The van der Waals surface area contributed by atoms with Gasteiger partial charge in [0.2, 0.25) is 0 Å². The molecule has 0 spiro atoms. The van der Waals surface area contributed by atoms with Crippen LogP contribution >= 0.6 is 11.6 Å². The molecule has 8 nitrogen and oxygen atoms in total. The number of hydrogen-bond acceptors (Lipinski definition) is 5. The molecule has 0 heterocycles. The molecule has 2 N–H and O–H groups in total. The molecule has 1 rings (SSSR count). The summed E-state index contributed by atoms with van der Waals surface area (Å²) < 4.78 is 5.37. The third kappa shape index (κ3) is 6.04. The first kappa shape index (κ1) is 19.7. The van der Waals surface area contributed by atoms with Crippen LogP contribution in [0.4, 0.5) is 5.69 Å². The zero-order valence-electron chi connectivity index (χ0n) is 13.5. The first-order chi connectivity index (χ1) is 11.0. The molecule has 1 amide bonds. The number of rotatable bonds is 8. The van der Waals surface area contributed by atoms with Crippen molar-refractivity contribution in [1.82, 2.24) is 5.32 Å². The van der Waals surface area contributed by atoms with Gasteiger partial charge in [0.05, 0.1) is 4.92 Å². The number of nitro benzene ring substituents is 1. The van der Waals surface area contributed by atoms with Crippen LogP contribution in [-0.2, 0) is 9.59 Å². The number of hydrogen-bond donors (Lipinski definition) is 2. The number of carboxylic acid groups (broad SMARTS) is 1. The van der Waals surface area contributed by atoms with Gasteiger partial charge in [0, 0.05) is 23.0 Å². The molecule has 1 unspecified atom stereocenters. The van der Waals surface area contributed by atoms with E-state index in [2.05, 4.69) is 5.32 Å². The maximum absolute atomic E-state index is 12.2. The Morgan fingerprint density at radius 1 is 1.46 bits per heavy atom. The molecule has 0 radical (unpaired) electrons. The van der Waals surface area contributed by atoms with Gasteiger partial charge < -0.3 is 15.2 Å². The summed E-state index contributed by atoms with van der Waals surface area (Å²) in [5, 5.41) is 22.6. The van der Waals surface area contributed by atoms with Gasteiger partial charge in [-0.2, -0.15) is 0 Å². The van der Waals surface area contributed by atoms with Gasteiger partial charge in [-0.15, -0.1) is 0 Å². The number of benzene rings is 1. The van der Waals surface area contributed by atoms with E-state index in [0.29, 0.717) is 0 Å². The SMILES string of the molecule is CC(Oc1ccc(Cl)cc1[N+](=O)[O-])C(=O)NC(C)(C)CCC(=O)O. The van der Waals surface area contributed by atoms with E-state index in [-0.39, 0.29) is 29.3 Å². The molecule has 0 aliphatic heterocycles. The lowest BCUT2D eigenvalue weighted by atomic mass is 9.98. The minimum atomic E-state index is -1.01. The number of nitrogens with zero attached hydrogens (tertiary/aromatic N) is 1. The van der Waals surface area contributed by atoms with Gasteiger partial charge in [-0.25, -0.2) is 0 Å². The maximum atomic E-state index is 12.2. The van der Waals surface area contributed by atoms with Crippen LogP contribution in [0.2, 0.25) is 5.02 Å². The van der Waals surface area contributed by atoms with E-state index in [1.54, 1.807) is 13.8 Å². The third-order valence-electron chi connectivity index (χ3n) is 3.22. The minimum absolute atomic E-state index is 0.0737. The molecule has 1 atom stereocenters. The van der Waals surface area contributed by atoms with Crippen LogP contribution in [0.1, 0.15) is 33.6 Å². The van der Waals surface area contributed by atoms with E-state index < -0.39 is 28.4 Å². The van der Waals surface area contributed by atoms with Crippen molar-refractivity contribution < 1.29 is 24.4 Å². The van der Waals surface area contributed by atoms with Gasteiger partial charge in [0.15, 0.2) is 11.9 Å². The van der Waals surface area contributed by atoms with Gasteiger partial charge in [-0.05, 0) is 39.3 Å². The fourth-order valence-corrected chi connectivity index (χ4v) is 2.06. The van der Waals surface area contributed by atoms with Gasteiger partial charge in [-0.1, -0.05) is 11.6 Å². The number of amides is 1. The van der Waals surface area contributed by atoms with Crippen molar-refractivity contribution >= 4 is 29.2 Å². The molecule has 1 aromatic carbocycles. The molecule has 24 heavy (non-hydrogen) atoms. The monoisotopic (exact) mass is 358 g/mol. The number of carbonyl (C=O) groups excluding carboxylic acids is 1. The smallest absolute Gasteiger partial charge is 0.312 e. The molecule has 9 heteroatoms. The van der Waals surface area contributed by atoms with Crippen LogP contribution in [-0.4, -0.2) is 33.5 Å². The molecule has 0 aliphatic carbocycles. The molecule has 0 bridgehead atoms. The van der Waals surface area contributed by atoms with Crippen molar-refractivity contribution in [2.75, 3.05) is 0 Å². The summed E-state index contributed by atoms with van der Waals surface area (Å²) in [4.78, 5) is 33.2. The lowest BCUT2D eigenvalue weighted by Gasteiger charge is -2.27. The van der Waals surface area contributed by atoms with Crippen LogP contribution in [0, 0.1) is 10.1 Å². The summed E-state index contributed by atoms with van der Waals surface area (Å²) in [7, 11) is 0. The Bertz CT molecular complexity index is 647. The van der Waals surface area contributed by atoms with E-state index in [1.165, 1.54) is 19.1 Å². The lowest BCUT2D eigenvalue weighted by Crippen LogP contribution is -2.48. The first-order valence-electron chi connectivity index (χ1n) is 7.16. The molecule has 0 fully saturated rings. The Morgan fingerprint density at radius 2 is 2.08 bits per heavy atom. The Balaban J connectivity index is 2.77. The van der Waals surface area contributed by atoms with Crippen molar-refractivity contribution in [3.05, 3.63) is 33.3 Å². The summed E-state index contributed by atoms with van der Waals surface area (Å²) in [6.07, 6.45) is -0.860. The molecular weight excluding hydrogens is 340 g/mol. The van der Waals surface area contributed by atoms with Gasteiger partial charge >= 0.3 is 11.7 Å². The number of carboxylic acids is 1. The second kappa shape index (κ2) is 7.96. The summed E-state index contributed by atoms with van der Waals surface area (Å²) in [6, 6.07) is 3.88. The van der Waals surface area contributed by atoms with Crippen molar-refractivity contribution in [3.63, 3.8) is 0 Å². The Morgan fingerprint density at radius 3 is 2.62 bits per heavy atom. The van der Waals surface area contributed by atoms with Gasteiger partial charge in [0.25, 0.3) is 5.91 Å². The quantitative estimate of drug-likeness (QED) is 0.544. The lowest BCUT2D eigenvalue weighted by molar-refractivity contribution is -0.386. The molecular formula is C15H19ClN2O6. The average molecular weight is 359 g/mol. The van der Waals surface area contributed by atoms with Crippen molar-refractivity contribution in [2.24, 2.45) is 0 Å². The van der Waals surface area contributed by atoms with Gasteiger partial charge in [-0.3, -0.25) is 19.7 Å². The fraction of sp³-hybridized carbons (Fsp3) is 0.467. The molecule has 0 aliphatic rings. The van der Waals surface area contributed by atoms with E-state index in [4.69, 9.17) is 21.4 Å². The molecule has 132 valence electrons. The summed E-state index contributed by atoms with van der Waals surface area (Å²) in [5.74, 6) is -1.54. The topological polar surface area (TPSA) is 119 Å². The number of ether oxygens (including phenoxy) is 1. The van der Waals surface area contributed by atoms with E-state index in [0.717, 1.165) is 6.07 Å². The highest BCUT2D eigenvalue weighted by atomic mass is 35.5. The minimum Gasteiger partial charge on any atom is -0.481 e. The highest BCUT2D eigenvalue weighted by molar-refractivity contribution is 6.30. The molecule has 1 aromatic rings. The second-order valence-electron chi connectivity index (χ2n) is 5.90. The number of nitro groups is 1. The van der Waals surface area contributed by atoms with Crippen molar-refractivity contribution in [1.29, 1.82) is 0 Å². The fourth-order valence-electron chi connectivity index (χ4n) is 1.89. The van der Waals surface area contributed by atoms with E-state index in [1.807, 2.05) is 0 Å². The molecule has 0 aromatic heterocycles. The van der Waals surface area contributed by atoms with Crippen LogP contribution in [0.15, 0.2) is 18.2 Å². The third-order valence-corrected chi connectivity index (χ3v) is 3.45. The summed E-state index contributed by atoms with van der Waals surface area (Å²) in [6.45, 7) is 4.82. The zero-order chi connectivity index (χ0) is 18.5. The number of nitrogens with one attached hydrogen (secondary N) is 1. The Kier molecular flexibility index (Phi) is 6.53. The highest BCUT2D eigenvalue weighted by Crippen LogP contribution is 2.30. The Labute approximate surface area is 143 Å². The average Bonchev–Trinajstić information content (AvgIpc) is 2.46. The van der Waals surface area contributed by atoms with E-state index >= 15 is 0 Å². The maximum Gasteiger partial charge on any atom is 0.312 e. The van der Waals surface area contributed by atoms with Crippen molar-refractivity contribution in [2.45, 2.75) is 45.3 Å². The first-order valence-corrected chi connectivity index (χ1v) is 7.54. The molecule has 0 saturated carbocycles. The van der Waals surface area contributed by atoms with E-state index in [9.17, 15) is 19.7 Å². The van der Waals surface area contributed by atoms with Gasteiger partial charge in [0.1, 0.15) is 0 Å². The zero-order valence-corrected chi connectivity index (χ0v) is 14.3.